The van der Waals surface area contributed by atoms with Gasteiger partial charge in [0.05, 0.1) is 18.5 Å². The fourth-order valence-corrected chi connectivity index (χ4v) is 4.19. The molecule has 3 heterocycles. The normalized spacial score (nSPS) is 11.1. The van der Waals surface area contributed by atoms with Gasteiger partial charge in [-0.1, -0.05) is 23.5 Å². The van der Waals surface area contributed by atoms with Crippen LogP contribution in [0.2, 0.25) is 0 Å². The first kappa shape index (κ1) is 19.2. The molecule has 0 atom stereocenters. The Labute approximate surface area is 173 Å². The van der Waals surface area contributed by atoms with Crippen LogP contribution in [-0.2, 0) is 17.9 Å². The standard InChI is InChI=1S/C19H15FN4O3S2/c1-11-21-17-16(29-19(28)24(17)9-12-5-4-8-27-12)18(26)23(11)10-15(25)22-14-7-3-2-6-13(14)20/h2-8H,9-10H2,1H3,(H,22,25). The number of halogens is 1. The number of nitrogens with one attached hydrogen (secondary N) is 1. The number of benzene rings is 1. The number of thiazole rings is 1. The fourth-order valence-electron chi connectivity index (χ4n) is 2.91. The first-order chi connectivity index (χ1) is 13.9. The van der Waals surface area contributed by atoms with Crippen molar-refractivity contribution in [3.63, 3.8) is 0 Å². The molecule has 10 heteroatoms. The number of furan rings is 1. The summed E-state index contributed by atoms with van der Waals surface area (Å²) in [5, 5.41) is 2.47. The molecular formula is C19H15FN4O3S2. The molecule has 0 bridgehead atoms. The summed E-state index contributed by atoms with van der Waals surface area (Å²) in [6.45, 7) is 1.70. The molecule has 3 aromatic heterocycles. The van der Waals surface area contributed by atoms with E-state index in [0.717, 1.165) is 11.3 Å². The highest BCUT2D eigenvalue weighted by molar-refractivity contribution is 7.73. The van der Waals surface area contributed by atoms with Gasteiger partial charge in [-0.25, -0.2) is 9.37 Å². The van der Waals surface area contributed by atoms with Gasteiger partial charge in [0, 0.05) is 0 Å². The quantitative estimate of drug-likeness (QED) is 0.488. The summed E-state index contributed by atoms with van der Waals surface area (Å²) in [4.78, 5) is 29.8. The Morgan fingerprint density at radius 2 is 2.07 bits per heavy atom. The van der Waals surface area contributed by atoms with Crippen LogP contribution in [0.5, 0.6) is 0 Å². The third kappa shape index (κ3) is 3.76. The van der Waals surface area contributed by atoms with Crippen LogP contribution in [-0.4, -0.2) is 20.0 Å². The van der Waals surface area contributed by atoms with E-state index < -0.39 is 11.7 Å². The van der Waals surface area contributed by atoms with Crippen molar-refractivity contribution in [2.45, 2.75) is 20.0 Å². The maximum atomic E-state index is 13.7. The SMILES string of the molecule is Cc1nc2c(sc(=S)n2Cc2ccco2)c(=O)n1CC(=O)Nc1ccccc1F. The summed E-state index contributed by atoms with van der Waals surface area (Å²) in [5.41, 5.74) is 0.132. The van der Waals surface area contributed by atoms with E-state index in [2.05, 4.69) is 10.3 Å². The van der Waals surface area contributed by atoms with Gasteiger partial charge in [0.2, 0.25) is 5.91 Å². The molecule has 0 aliphatic heterocycles. The van der Waals surface area contributed by atoms with E-state index in [9.17, 15) is 14.0 Å². The number of nitrogens with zero attached hydrogens (tertiary/aromatic N) is 3. The molecule has 0 saturated carbocycles. The van der Waals surface area contributed by atoms with E-state index in [1.807, 2.05) is 6.07 Å². The second-order valence-electron chi connectivity index (χ2n) is 6.26. The van der Waals surface area contributed by atoms with Crippen LogP contribution in [0.4, 0.5) is 10.1 Å². The minimum absolute atomic E-state index is 0.0532. The molecule has 7 nitrogen and oxygen atoms in total. The number of aromatic nitrogens is 3. The number of fused-ring (bicyclic) bond motifs is 1. The van der Waals surface area contributed by atoms with Crippen molar-refractivity contribution in [2.24, 2.45) is 0 Å². The van der Waals surface area contributed by atoms with Crippen molar-refractivity contribution in [1.82, 2.24) is 14.1 Å². The molecule has 0 unspecified atom stereocenters. The van der Waals surface area contributed by atoms with Gasteiger partial charge >= 0.3 is 0 Å². The zero-order chi connectivity index (χ0) is 20.5. The second kappa shape index (κ2) is 7.72. The average Bonchev–Trinajstić information content (AvgIpc) is 3.30. The summed E-state index contributed by atoms with van der Waals surface area (Å²) in [5.74, 6) is -0.0348. The Morgan fingerprint density at radius 1 is 1.28 bits per heavy atom. The zero-order valence-corrected chi connectivity index (χ0v) is 16.8. The number of amides is 1. The van der Waals surface area contributed by atoms with Crippen molar-refractivity contribution in [2.75, 3.05) is 5.32 Å². The maximum absolute atomic E-state index is 13.7. The van der Waals surface area contributed by atoms with E-state index in [-0.39, 0.29) is 17.8 Å². The van der Waals surface area contributed by atoms with Crippen molar-refractivity contribution in [1.29, 1.82) is 0 Å². The molecule has 148 valence electrons. The molecule has 0 radical (unpaired) electrons. The number of para-hydroxylation sites is 1. The highest BCUT2D eigenvalue weighted by atomic mass is 32.1. The molecule has 4 rings (SSSR count). The molecule has 0 saturated heterocycles. The maximum Gasteiger partial charge on any atom is 0.273 e. The van der Waals surface area contributed by atoms with Gasteiger partial charge in [-0.3, -0.25) is 18.7 Å². The molecule has 1 amide bonds. The highest BCUT2D eigenvalue weighted by Crippen LogP contribution is 2.20. The fraction of sp³-hybridized carbons (Fsp3) is 0.158. The van der Waals surface area contributed by atoms with Gasteiger partial charge in [-0.05, 0) is 43.4 Å². The minimum Gasteiger partial charge on any atom is -0.467 e. The highest BCUT2D eigenvalue weighted by Gasteiger charge is 2.17. The predicted molar refractivity (Wildman–Crippen MR) is 110 cm³/mol. The van der Waals surface area contributed by atoms with Crippen molar-refractivity contribution in [3.05, 3.63) is 74.4 Å². The first-order valence-electron chi connectivity index (χ1n) is 8.61. The van der Waals surface area contributed by atoms with E-state index in [1.165, 1.54) is 22.8 Å². The Morgan fingerprint density at radius 3 is 2.79 bits per heavy atom. The van der Waals surface area contributed by atoms with E-state index in [4.69, 9.17) is 16.6 Å². The summed E-state index contributed by atoms with van der Waals surface area (Å²) < 4.78 is 22.9. The Kier molecular flexibility index (Phi) is 5.12. The molecule has 29 heavy (non-hydrogen) atoms. The van der Waals surface area contributed by atoms with Crippen molar-refractivity contribution >= 4 is 45.5 Å². The van der Waals surface area contributed by atoms with Crippen LogP contribution >= 0.6 is 23.6 Å². The molecule has 0 aliphatic rings. The summed E-state index contributed by atoms with van der Waals surface area (Å²) >= 11 is 6.52. The largest absolute Gasteiger partial charge is 0.467 e. The van der Waals surface area contributed by atoms with Crippen LogP contribution in [0.15, 0.2) is 51.9 Å². The third-order valence-corrected chi connectivity index (χ3v) is 5.74. The lowest BCUT2D eigenvalue weighted by molar-refractivity contribution is -0.116. The number of aryl methyl sites for hydroxylation is 1. The second-order valence-corrected chi connectivity index (χ2v) is 7.91. The molecular weight excluding hydrogens is 415 g/mol. The minimum atomic E-state index is -0.550. The summed E-state index contributed by atoms with van der Waals surface area (Å²) in [6.07, 6.45) is 1.56. The monoisotopic (exact) mass is 430 g/mol. The number of hydrogen-bond acceptors (Lipinski definition) is 6. The van der Waals surface area contributed by atoms with Gasteiger partial charge in [-0.2, -0.15) is 0 Å². The number of carbonyl (C=O) groups excluding carboxylic acids is 1. The smallest absolute Gasteiger partial charge is 0.273 e. The van der Waals surface area contributed by atoms with Crippen LogP contribution in [0, 0.1) is 16.7 Å². The molecule has 0 fully saturated rings. The topological polar surface area (TPSA) is 82.1 Å². The van der Waals surface area contributed by atoms with Gasteiger partial charge in [-0.15, -0.1) is 0 Å². The van der Waals surface area contributed by atoms with E-state index in [1.54, 1.807) is 29.9 Å². The lowest BCUT2D eigenvalue weighted by Gasteiger charge is -2.11. The number of carbonyl (C=O) groups is 1. The van der Waals surface area contributed by atoms with Crippen LogP contribution in [0.25, 0.3) is 10.3 Å². The first-order valence-corrected chi connectivity index (χ1v) is 9.84. The van der Waals surface area contributed by atoms with Gasteiger partial charge < -0.3 is 9.73 Å². The number of hydrogen-bond donors (Lipinski definition) is 1. The van der Waals surface area contributed by atoms with Crippen molar-refractivity contribution < 1.29 is 13.6 Å². The Hall–Kier alpha value is -3.11. The molecule has 0 aliphatic carbocycles. The Balaban J connectivity index is 1.67. The van der Waals surface area contributed by atoms with E-state index >= 15 is 0 Å². The van der Waals surface area contributed by atoms with Gasteiger partial charge in [0.15, 0.2) is 9.60 Å². The van der Waals surface area contributed by atoms with Crippen molar-refractivity contribution in [3.8, 4) is 0 Å². The lowest BCUT2D eigenvalue weighted by atomic mass is 10.3. The van der Waals surface area contributed by atoms with Gasteiger partial charge in [0.25, 0.3) is 5.56 Å². The average molecular weight is 430 g/mol. The summed E-state index contributed by atoms with van der Waals surface area (Å²) in [6, 6.07) is 9.41. The van der Waals surface area contributed by atoms with Gasteiger partial charge in [0.1, 0.15) is 28.6 Å². The number of anilines is 1. The van der Waals surface area contributed by atoms with E-state index in [0.29, 0.717) is 32.4 Å². The van der Waals surface area contributed by atoms with Crippen LogP contribution < -0.4 is 10.9 Å². The van der Waals surface area contributed by atoms with Crippen LogP contribution in [0.3, 0.4) is 0 Å². The molecule has 0 spiro atoms. The zero-order valence-electron chi connectivity index (χ0n) is 15.2. The molecule has 1 N–H and O–H groups in total. The number of rotatable bonds is 5. The molecule has 4 aromatic rings. The predicted octanol–water partition coefficient (Wildman–Crippen LogP) is 3.72. The molecule has 1 aromatic carbocycles. The Bertz CT molecular complexity index is 1320. The summed E-state index contributed by atoms with van der Waals surface area (Å²) in [7, 11) is 0. The third-order valence-electron chi connectivity index (χ3n) is 4.31. The van der Waals surface area contributed by atoms with Crippen LogP contribution in [0.1, 0.15) is 11.6 Å². The lowest BCUT2D eigenvalue weighted by Crippen LogP contribution is -2.30.